The van der Waals surface area contributed by atoms with E-state index in [0.717, 1.165) is 36.8 Å². The van der Waals surface area contributed by atoms with Gasteiger partial charge in [-0.05, 0) is 67.8 Å². The van der Waals surface area contributed by atoms with Crippen LogP contribution in [0.2, 0.25) is 0 Å². The molecule has 168 valence electrons. The van der Waals surface area contributed by atoms with Crippen LogP contribution < -0.4 is 10.0 Å². The van der Waals surface area contributed by atoms with E-state index in [4.69, 9.17) is 0 Å². The van der Waals surface area contributed by atoms with Gasteiger partial charge >= 0.3 is 0 Å². The van der Waals surface area contributed by atoms with Gasteiger partial charge in [0.1, 0.15) is 0 Å². The normalized spacial score (nSPS) is 16.1. The third-order valence-electron chi connectivity index (χ3n) is 5.79. The van der Waals surface area contributed by atoms with E-state index in [-0.39, 0.29) is 22.9 Å². The molecule has 1 fully saturated rings. The average molecular weight is 461 g/mol. The Labute approximate surface area is 190 Å². The van der Waals surface area contributed by atoms with Gasteiger partial charge < -0.3 is 5.32 Å². The third kappa shape index (κ3) is 7.09. The molecule has 3 rings (SSSR count). The van der Waals surface area contributed by atoms with Crippen molar-refractivity contribution in [3.05, 3.63) is 59.7 Å². The van der Waals surface area contributed by atoms with Crippen molar-refractivity contribution >= 4 is 27.7 Å². The molecule has 2 aromatic carbocycles. The fraction of sp³-hybridized carbons (Fsp3) is 0.458. The lowest BCUT2D eigenvalue weighted by atomic mass is 9.96. The molecular formula is C24H32N2O3S2. The summed E-state index contributed by atoms with van der Waals surface area (Å²) in [6.07, 6.45) is 8.13. The molecule has 1 aliphatic carbocycles. The molecule has 1 aliphatic rings. The highest BCUT2D eigenvalue weighted by atomic mass is 32.2. The van der Waals surface area contributed by atoms with Crippen LogP contribution in [-0.2, 0) is 21.2 Å². The number of hydrogen-bond acceptors (Lipinski definition) is 4. The molecule has 2 N–H and O–H groups in total. The number of nitrogens with one attached hydrogen (secondary N) is 2. The Morgan fingerprint density at radius 3 is 2.29 bits per heavy atom. The summed E-state index contributed by atoms with van der Waals surface area (Å²) in [4.78, 5) is 13.8. The van der Waals surface area contributed by atoms with Gasteiger partial charge in [0.15, 0.2) is 0 Å². The molecule has 1 atom stereocenters. The number of hydrogen-bond donors (Lipinski definition) is 2. The van der Waals surface area contributed by atoms with Gasteiger partial charge in [-0.15, -0.1) is 11.8 Å². The lowest BCUT2D eigenvalue weighted by Gasteiger charge is -2.22. The zero-order chi connectivity index (χ0) is 22.3. The third-order valence-corrected chi connectivity index (χ3v) is 8.07. The second kappa shape index (κ2) is 11.2. The van der Waals surface area contributed by atoms with Gasteiger partial charge in [-0.2, -0.15) is 0 Å². The van der Waals surface area contributed by atoms with Crippen LogP contribution in [0.5, 0.6) is 0 Å². The van der Waals surface area contributed by atoms with E-state index >= 15 is 0 Å². The van der Waals surface area contributed by atoms with Crippen LogP contribution in [0.1, 0.15) is 62.6 Å². The maximum atomic E-state index is 12.6. The van der Waals surface area contributed by atoms with E-state index in [9.17, 15) is 13.2 Å². The van der Waals surface area contributed by atoms with Crippen molar-refractivity contribution in [2.24, 2.45) is 0 Å². The van der Waals surface area contributed by atoms with Gasteiger partial charge in [0.05, 0.1) is 10.9 Å². The fourth-order valence-corrected chi connectivity index (χ4v) is 5.60. The number of benzene rings is 2. The van der Waals surface area contributed by atoms with Crippen LogP contribution in [0, 0.1) is 0 Å². The zero-order valence-electron chi connectivity index (χ0n) is 18.3. The fourth-order valence-electron chi connectivity index (χ4n) is 3.89. The molecule has 0 aliphatic heterocycles. The molecule has 0 radical (unpaired) electrons. The van der Waals surface area contributed by atoms with Gasteiger partial charge in [-0.1, -0.05) is 43.5 Å². The number of amides is 1. The van der Waals surface area contributed by atoms with E-state index in [0.29, 0.717) is 12.8 Å². The van der Waals surface area contributed by atoms with Crippen LogP contribution in [0.3, 0.4) is 0 Å². The Balaban J connectivity index is 1.49. The molecule has 0 heterocycles. The molecule has 1 amide bonds. The molecule has 0 bridgehead atoms. The van der Waals surface area contributed by atoms with E-state index < -0.39 is 10.0 Å². The Kier molecular flexibility index (Phi) is 8.58. The molecule has 5 nitrogen and oxygen atoms in total. The lowest BCUT2D eigenvalue weighted by molar-refractivity contribution is -0.121. The van der Waals surface area contributed by atoms with Crippen molar-refractivity contribution < 1.29 is 13.2 Å². The summed E-state index contributed by atoms with van der Waals surface area (Å²) >= 11 is 1.69. The quantitative estimate of drug-likeness (QED) is 0.526. The highest BCUT2D eigenvalue weighted by Crippen LogP contribution is 2.21. The molecular weight excluding hydrogens is 428 g/mol. The minimum Gasteiger partial charge on any atom is -0.350 e. The van der Waals surface area contributed by atoms with Gasteiger partial charge in [0, 0.05) is 17.4 Å². The molecule has 2 aromatic rings. The monoisotopic (exact) mass is 460 g/mol. The standard InChI is InChI=1S/C24H32N2O3S2/c1-18(20-11-13-22(30-2)14-12-20)25-24(27)17-10-19-8-15-23(16-9-19)31(28,29)26-21-6-4-3-5-7-21/h8-9,11-16,18,21,26H,3-7,10,17H2,1-2H3,(H,25,27)/t18-/m1/s1. The van der Waals surface area contributed by atoms with Crippen molar-refractivity contribution in [3.63, 3.8) is 0 Å². The molecule has 1 saturated carbocycles. The van der Waals surface area contributed by atoms with Crippen LogP contribution in [-0.4, -0.2) is 26.6 Å². The van der Waals surface area contributed by atoms with Crippen molar-refractivity contribution in [1.29, 1.82) is 0 Å². The second-order valence-electron chi connectivity index (χ2n) is 8.16. The predicted octanol–water partition coefficient (Wildman–Crippen LogP) is 4.83. The summed E-state index contributed by atoms with van der Waals surface area (Å²) in [6, 6.07) is 15.0. The Morgan fingerprint density at radius 1 is 1.03 bits per heavy atom. The van der Waals surface area contributed by atoms with Crippen molar-refractivity contribution in [3.8, 4) is 0 Å². The highest BCUT2D eigenvalue weighted by Gasteiger charge is 2.21. The lowest BCUT2D eigenvalue weighted by Crippen LogP contribution is -2.36. The van der Waals surface area contributed by atoms with Crippen LogP contribution in [0.4, 0.5) is 0 Å². The SMILES string of the molecule is CSc1ccc([C@@H](C)NC(=O)CCc2ccc(S(=O)(=O)NC3CCCCC3)cc2)cc1. The summed E-state index contributed by atoms with van der Waals surface area (Å²) in [7, 11) is -3.49. The predicted molar refractivity (Wildman–Crippen MR) is 127 cm³/mol. The van der Waals surface area contributed by atoms with E-state index in [1.807, 2.05) is 25.3 Å². The van der Waals surface area contributed by atoms with Gasteiger partial charge in [0.25, 0.3) is 0 Å². The van der Waals surface area contributed by atoms with Crippen LogP contribution in [0.25, 0.3) is 0 Å². The first-order chi connectivity index (χ1) is 14.9. The molecule has 0 unspecified atom stereocenters. The Bertz CT molecular complexity index is 951. The molecule has 7 heteroatoms. The zero-order valence-corrected chi connectivity index (χ0v) is 19.9. The van der Waals surface area contributed by atoms with E-state index in [1.165, 1.54) is 11.3 Å². The van der Waals surface area contributed by atoms with E-state index in [2.05, 4.69) is 22.2 Å². The number of sulfonamides is 1. The van der Waals surface area contributed by atoms with Crippen molar-refractivity contribution in [2.45, 2.75) is 73.7 Å². The van der Waals surface area contributed by atoms with Crippen molar-refractivity contribution in [1.82, 2.24) is 10.0 Å². The first kappa shape index (κ1) is 23.8. The number of carbonyl (C=O) groups excluding carboxylic acids is 1. The second-order valence-corrected chi connectivity index (χ2v) is 10.8. The van der Waals surface area contributed by atoms with Gasteiger partial charge in [-0.25, -0.2) is 13.1 Å². The number of aryl methyl sites for hydroxylation is 1. The van der Waals surface area contributed by atoms with Crippen molar-refractivity contribution in [2.75, 3.05) is 6.26 Å². The molecule has 0 spiro atoms. The smallest absolute Gasteiger partial charge is 0.240 e. The summed E-state index contributed by atoms with van der Waals surface area (Å²) in [5, 5.41) is 3.03. The molecule has 31 heavy (non-hydrogen) atoms. The largest absolute Gasteiger partial charge is 0.350 e. The maximum absolute atomic E-state index is 12.6. The highest BCUT2D eigenvalue weighted by molar-refractivity contribution is 7.98. The van der Waals surface area contributed by atoms with Crippen LogP contribution in [0.15, 0.2) is 58.3 Å². The van der Waals surface area contributed by atoms with Crippen LogP contribution >= 0.6 is 11.8 Å². The maximum Gasteiger partial charge on any atom is 0.240 e. The number of carbonyl (C=O) groups is 1. The van der Waals surface area contributed by atoms with Gasteiger partial charge in [0.2, 0.25) is 15.9 Å². The average Bonchev–Trinajstić information content (AvgIpc) is 2.78. The van der Waals surface area contributed by atoms with Gasteiger partial charge in [-0.3, -0.25) is 4.79 Å². The minimum absolute atomic E-state index is 0.0166. The minimum atomic E-state index is -3.49. The molecule has 0 aromatic heterocycles. The summed E-state index contributed by atoms with van der Waals surface area (Å²) in [5.41, 5.74) is 2.02. The summed E-state index contributed by atoms with van der Waals surface area (Å²) in [5.74, 6) is -0.0166. The molecule has 0 saturated heterocycles. The summed E-state index contributed by atoms with van der Waals surface area (Å²) in [6.45, 7) is 1.98. The first-order valence-corrected chi connectivity index (χ1v) is 13.6. The number of thioether (sulfide) groups is 1. The number of rotatable bonds is 9. The Morgan fingerprint density at radius 2 is 1.68 bits per heavy atom. The summed E-state index contributed by atoms with van der Waals surface area (Å²) < 4.78 is 28.0. The first-order valence-electron chi connectivity index (χ1n) is 10.9. The van der Waals surface area contributed by atoms with E-state index in [1.54, 1.807) is 36.0 Å². The topological polar surface area (TPSA) is 75.3 Å². The Hall–Kier alpha value is -1.83.